The van der Waals surface area contributed by atoms with Crippen molar-refractivity contribution in [1.29, 1.82) is 0 Å². The highest BCUT2D eigenvalue weighted by Crippen LogP contribution is 2.16. The van der Waals surface area contributed by atoms with Crippen LogP contribution >= 0.6 is 0 Å². The molecule has 0 bridgehead atoms. The zero-order chi connectivity index (χ0) is 13.1. The molecule has 0 aliphatic heterocycles. The standard InChI is InChI=1S/C10H15N3O4/c1-10(2,3)17-9(15)13-6-7(14)11-5-12-8(6)16-4/h5H,1-4H3,(H,13,15)(H,11,12,14). The molecular weight excluding hydrogens is 226 g/mol. The minimum Gasteiger partial charge on any atom is -0.479 e. The zero-order valence-electron chi connectivity index (χ0n) is 10.2. The minimum atomic E-state index is -0.741. The first-order valence-corrected chi connectivity index (χ1v) is 4.95. The summed E-state index contributed by atoms with van der Waals surface area (Å²) in [5, 5.41) is 2.29. The highest BCUT2D eigenvalue weighted by molar-refractivity contribution is 5.86. The molecule has 0 aliphatic carbocycles. The average Bonchev–Trinajstić information content (AvgIpc) is 2.18. The first-order chi connectivity index (χ1) is 7.83. The molecule has 7 nitrogen and oxygen atoms in total. The summed E-state index contributed by atoms with van der Waals surface area (Å²) in [4.78, 5) is 29.0. The van der Waals surface area contributed by atoms with Gasteiger partial charge in [-0.2, -0.15) is 0 Å². The van der Waals surface area contributed by atoms with Crippen molar-refractivity contribution < 1.29 is 14.3 Å². The Labute approximate surface area is 98.2 Å². The van der Waals surface area contributed by atoms with Crippen LogP contribution < -0.4 is 15.6 Å². The number of aromatic nitrogens is 2. The minimum absolute atomic E-state index is 0.0274. The fourth-order valence-electron chi connectivity index (χ4n) is 1.05. The Morgan fingerprint density at radius 2 is 2.12 bits per heavy atom. The molecule has 0 radical (unpaired) electrons. The van der Waals surface area contributed by atoms with Gasteiger partial charge in [0, 0.05) is 0 Å². The van der Waals surface area contributed by atoms with Crippen LogP contribution in [0.3, 0.4) is 0 Å². The normalized spacial score (nSPS) is 10.8. The van der Waals surface area contributed by atoms with Gasteiger partial charge in [0.2, 0.25) is 5.88 Å². The van der Waals surface area contributed by atoms with E-state index in [2.05, 4.69) is 15.3 Å². The topological polar surface area (TPSA) is 93.3 Å². The molecule has 0 atom stereocenters. The summed E-state index contributed by atoms with van der Waals surface area (Å²) in [6.07, 6.45) is 0.441. The lowest BCUT2D eigenvalue weighted by Crippen LogP contribution is -2.29. The Morgan fingerprint density at radius 3 is 2.65 bits per heavy atom. The van der Waals surface area contributed by atoms with Crippen molar-refractivity contribution >= 4 is 11.8 Å². The van der Waals surface area contributed by atoms with E-state index in [9.17, 15) is 9.59 Å². The third-order valence-electron chi connectivity index (χ3n) is 1.64. The molecule has 0 saturated heterocycles. The third-order valence-corrected chi connectivity index (χ3v) is 1.64. The van der Waals surface area contributed by atoms with E-state index < -0.39 is 17.3 Å². The number of nitrogens with one attached hydrogen (secondary N) is 2. The van der Waals surface area contributed by atoms with Crippen LogP contribution in [0.2, 0.25) is 0 Å². The van der Waals surface area contributed by atoms with Crippen LogP contribution in [0.15, 0.2) is 11.1 Å². The van der Waals surface area contributed by atoms with Gasteiger partial charge in [0.15, 0.2) is 5.69 Å². The number of hydrogen-bond donors (Lipinski definition) is 2. The Kier molecular flexibility index (Phi) is 3.72. The zero-order valence-corrected chi connectivity index (χ0v) is 10.2. The quantitative estimate of drug-likeness (QED) is 0.809. The molecule has 0 spiro atoms. The van der Waals surface area contributed by atoms with E-state index in [0.717, 1.165) is 0 Å². The summed E-state index contributed by atoms with van der Waals surface area (Å²) in [5.41, 5.74) is -1.24. The molecule has 1 rings (SSSR count). The Bertz CT molecular complexity index is 461. The third kappa shape index (κ3) is 3.78. The Balaban J connectivity index is 2.88. The van der Waals surface area contributed by atoms with E-state index in [1.807, 2.05) is 0 Å². The van der Waals surface area contributed by atoms with Crippen LogP contribution in [0.5, 0.6) is 5.88 Å². The molecule has 1 amide bonds. The maximum atomic E-state index is 11.5. The first kappa shape index (κ1) is 13.0. The van der Waals surface area contributed by atoms with Gasteiger partial charge < -0.3 is 14.5 Å². The van der Waals surface area contributed by atoms with Gasteiger partial charge in [-0.05, 0) is 20.8 Å². The van der Waals surface area contributed by atoms with Crippen LogP contribution in [-0.4, -0.2) is 28.8 Å². The van der Waals surface area contributed by atoms with Crippen molar-refractivity contribution in [2.75, 3.05) is 12.4 Å². The van der Waals surface area contributed by atoms with Crippen LogP contribution in [-0.2, 0) is 4.74 Å². The lowest BCUT2D eigenvalue weighted by atomic mass is 10.2. The van der Waals surface area contributed by atoms with Gasteiger partial charge in [-0.15, -0.1) is 0 Å². The monoisotopic (exact) mass is 241 g/mol. The number of methoxy groups -OCH3 is 1. The van der Waals surface area contributed by atoms with Gasteiger partial charge >= 0.3 is 6.09 Å². The summed E-state index contributed by atoms with van der Waals surface area (Å²) < 4.78 is 9.87. The van der Waals surface area contributed by atoms with E-state index in [0.29, 0.717) is 0 Å². The van der Waals surface area contributed by atoms with Crippen molar-refractivity contribution in [3.8, 4) is 5.88 Å². The lowest BCUT2D eigenvalue weighted by molar-refractivity contribution is 0.0635. The molecule has 2 N–H and O–H groups in total. The second kappa shape index (κ2) is 4.86. The Morgan fingerprint density at radius 1 is 1.47 bits per heavy atom. The van der Waals surface area contributed by atoms with Crippen molar-refractivity contribution in [3.05, 3.63) is 16.7 Å². The highest BCUT2D eigenvalue weighted by atomic mass is 16.6. The molecule has 0 fully saturated rings. The predicted molar refractivity (Wildman–Crippen MR) is 61.3 cm³/mol. The number of H-pyrrole nitrogens is 1. The molecule has 17 heavy (non-hydrogen) atoms. The molecule has 1 heterocycles. The van der Waals surface area contributed by atoms with Crippen LogP contribution in [0, 0.1) is 0 Å². The molecule has 0 saturated carbocycles. The van der Waals surface area contributed by atoms with Gasteiger partial charge in [-0.1, -0.05) is 0 Å². The average molecular weight is 241 g/mol. The van der Waals surface area contributed by atoms with E-state index >= 15 is 0 Å². The van der Waals surface area contributed by atoms with E-state index in [-0.39, 0.29) is 11.6 Å². The maximum absolute atomic E-state index is 11.5. The number of hydrogen-bond acceptors (Lipinski definition) is 5. The highest BCUT2D eigenvalue weighted by Gasteiger charge is 2.19. The molecule has 1 aromatic rings. The molecule has 0 unspecified atom stereocenters. The van der Waals surface area contributed by atoms with Crippen molar-refractivity contribution in [2.45, 2.75) is 26.4 Å². The number of carbonyl (C=O) groups is 1. The number of amides is 1. The van der Waals surface area contributed by atoms with Gasteiger partial charge in [0.05, 0.1) is 13.4 Å². The van der Waals surface area contributed by atoms with Gasteiger partial charge in [-0.25, -0.2) is 9.78 Å². The summed E-state index contributed by atoms with van der Waals surface area (Å²) in [5.74, 6) is 0.0274. The summed E-state index contributed by atoms with van der Waals surface area (Å²) in [6.45, 7) is 5.16. The second-order valence-electron chi connectivity index (χ2n) is 4.24. The van der Waals surface area contributed by atoms with Gasteiger partial charge in [0.25, 0.3) is 5.56 Å². The number of rotatable bonds is 2. The summed E-state index contributed by atoms with van der Waals surface area (Å²) in [7, 11) is 1.35. The molecule has 1 aromatic heterocycles. The number of anilines is 1. The fourth-order valence-corrected chi connectivity index (χ4v) is 1.05. The lowest BCUT2D eigenvalue weighted by Gasteiger charge is -2.19. The van der Waals surface area contributed by atoms with Crippen LogP contribution in [0.25, 0.3) is 0 Å². The molecule has 0 aromatic carbocycles. The Hall–Kier alpha value is -2.05. The van der Waals surface area contributed by atoms with Crippen molar-refractivity contribution in [1.82, 2.24) is 9.97 Å². The summed E-state index contributed by atoms with van der Waals surface area (Å²) in [6, 6.07) is 0. The van der Waals surface area contributed by atoms with Crippen LogP contribution in [0.4, 0.5) is 10.5 Å². The maximum Gasteiger partial charge on any atom is 0.412 e. The first-order valence-electron chi connectivity index (χ1n) is 4.95. The SMILES string of the molecule is COc1nc[nH]c(=O)c1NC(=O)OC(C)(C)C. The molecular formula is C10H15N3O4. The van der Waals surface area contributed by atoms with E-state index in [1.54, 1.807) is 20.8 Å². The van der Waals surface area contributed by atoms with Crippen LogP contribution in [0.1, 0.15) is 20.8 Å². The number of nitrogens with zero attached hydrogens (tertiary/aromatic N) is 1. The second-order valence-corrected chi connectivity index (χ2v) is 4.24. The molecule has 7 heteroatoms. The van der Waals surface area contributed by atoms with Gasteiger partial charge in [0.1, 0.15) is 5.60 Å². The van der Waals surface area contributed by atoms with Gasteiger partial charge in [-0.3, -0.25) is 10.1 Å². The number of aromatic amines is 1. The fraction of sp³-hybridized carbons (Fsp3) is 0.500. The van der Waals surface area contributed by atoms with Crippen molar-refractivity contribution in [2.24, 2.45) is 0 Å². The van der Waals surface area contributed by atoms with E-state index in [4.69, 9.17) is 9.47 Å². The smallest absolute Gasteiger partial charge is 0.412 e. The molecule has 94 valence electrons. The predicted octanol–water partition coefficient (Wildman–Crippen LogP) is 1.13. The summed E-state index contributed by atoms with van der Waals surface area (Å²) >= 11 is 0. The molecule has 0 aliphatic rings. The number of carbonyl (C=O) groups excluding carboxylic acids is 1. The largest absolute Gasteiger partial charge is 0.479 e. The number of ether oxygens (including phenoxy) is 2. The van der Waals surface area contributed by atoms with Crippen molar-refractivity contribution in [3.63, 3.8) is 0 Å². The van der Waals surface area contributed by atoms with E-state index in [1.165, 1.54) is 13.4 Å².